The van der Waals surface area contributed by atoms with Crippen LogP contribution in [0.15, 0.2) is 30.3 Å². The fourth-order valence-electron chi connectivity index (χ4n) is 2.30. The molecule has 0 aromatic heterocycles. The fourth-order valence-corrected chi connectivity index (χ4v) is 2.30. The molecule has 2 atom stereocenters. The summed E-state index contributed by atoms with van der Waals surface area (Å²) in [5.41, 5.74) is 0.936. The molecule has 1 aliphatic rings. The first-order chi connectivity index (χ1) is 10.2. The Kier molecular flexibility index (Phi) is 5.57. The van der Waals surface area contributed by atoms with Crippen LogP contribution in [-0.4, -0.2) is 37.8 Å². The molecule has 0 radical (unpaired) electrons. The van der Waals surface area contributed by atoms with Crippen molar-refractivity contribution in [2.24, 2.45) is 0 Å². The minimum atomic E-state index is -0.464. The van der Waals surface area contributed by atoms with Crippen molar-refractivity contribution in [1.82, 2.24) is 10.6 Å². The van der Waals surface area contributed by atoms with E-state index in [9.17, 15) is 9.59 Å². The molecule has 21 heavy (non-hydrogen) atoms. The van der Waals surface area contributed by atoms with Crippen LogP contribution in [0.5, 0.6) is 0 Å². The van der Waals surface area contributed by atoms with E-state index in [1.54, 1.807) is 0 Å². The van der Waals surface area contributed by atoms with Gasteiger partial charge in [0.15, 0.2) is 0 Å². The van der Waals surface area contributed by atoms with Crippen LogP contribution in [0.25, 0.3) is 0 Å². The number of methoxy groups -OCH3 is 1. The number of alkyl carbamates (subject to hydrolysis) is 1. The highest BCUT2D eigenvalue weighted by molar-refractivity contribution is 5.76. The lowest BCUT2D eigenvalue weighted by molar-refractivity contribution is -0.143. The normalized spacial score (nSPS) is 21.4. The second-order valence-electron chi connectivity index (χ2n) is 4.96. The van der Waals surface area contributed by atoms with Crippen LogP contribution >= 0.6 is 0 Å². The quantitative estimate of drug-likeness (QED) is 0.816. The smallest absolute Gasteiger partial charge is 0.407 e. The number of ether oxygens (including phenoxy) is 2. The molecule has 2 rings (SSSR count). The topological polar surface area (TPSA) is 76.7 Å². The first-order valence-corrected chi connectivity index (χ1v) is 6.97. The zero-order valence-corrected chi connectivity index (χ0v) is 12.0. The summed E-state index contributed by atoms with van der Waals surface area (Å²) in [6.07, 6.45) is 0.801. The van der Waals surface area contributed by atoms with E-state index < -0.39 is 6.09 Å². The minimum Gasteiger partial charge on any atom is -0.468 e. The Morgan fingerprint density at radius 3 is 2.81 bits per heavy atom. The van der Waals surface area contributed by atoms with Gasteiger partial charge in [0.05, 0.1) is 7.11 Å². The van der Waals surface area contributed by atoms with E-state index in [4.69, 9.17) is 9.47 Å². The molecule has 6 nitrogen and oxygen atoms in total. The number of esters is 1. The molecule has 0 aliphatic carbocycles. The molecule has 0 saturated carbocycles. The van der Waals surface area contributed by atoms with Gasteiger partial charge >= 0.3 is 12.1 Å². The predicted octanol–water partition coefficient (Wildman–Crippen LogP) is 1.21. The van der Waals surface area contributed by atoms with E-state index in [0.717, 1.165) is 12.0 Å². The van der Waals surface area contributed by atoms with Crippen molar-refractivity contribution >= 4 is 12.1 Å². The summed E-state index contributed by atoms with van der Waals surface area (Å²) in [6, 6.07) is 9.03. The monoisotopic (exact) mass is 292 g/mol. The maximum Gasteiger partial charge on any atom is 0.407 e. The Morgan fingerprint density at radius 2 is 2.10 bits per heavy atom. The molecule has 0 bridgehead atoms. The van der Waals surface area contributed by atoms with Crippen LogP contribution in [0.4, 0.5) is 4.79 Å². The van der Waals surface area contributed by atoms with Gasteiger partial charge in [0.25, 0.3) is 0 Å². The molecule has 1 aromatic rings. The first-order valence-electron chi connectivity index (χ1n) is 6.97. The average Bonchev–Trinajstić information content (AvgIpc) is 2.53. The summed E-state index contributed by atoms with van der Waals surface area (Å²) in [5.74, 6) is -0.306. The second-order valence-corrected chi connectivity index (χ2v) is 4.96. The molecule has 1 fully saturated rings. The van der Waals surface area contributed by atoms with Gasteiger partial charge in [-0.1, -0.05) is 30.3 Å². The molecule has 114 valence electrons. The molecular weight excluding hydrogens is 272 g/mol. The largest absolute Gasteiger partial charge is 0.468 e. The van der Waals surface area contributed by atoms with Crippen LogP contribution in [0.1, 0.15) is 18.4 Å². The SMILES string of the molecule is COC(=O)C1CC(NC(=O)OCc2ccccc2)CCN1. The predicted molar refractivity (Wildman–Crippen MR) is 76.6 cm³/mol. The number of carbonyl (C=O) groups is 2. The molecule has 2 N–H and O–H groups in total. The Balaban J connectivity index is 1.76. The minimum absolute atomic E-state index is 0.0846. The third-order valence-corrected chi connectivity index (χ3v) is 3.42. The van der Waals surface area contributed by atoms with Gasteiger partial charge in [0, 0.05) is 6.04 Å². The van der Waals surface area contributed by atoms with Crippen LogP contribution in [0.3, 0.4) is 0 Å². The number of benzene rings is 1. The van der Waals surface area contributed by atoms with Gasteiger partial charge in [0.1, 0.15) is 12.6 Å². The van der Waals surface area contributed by atoms with Crippen molar-refractivity contribution < 1.29 is 19.1 Å². The lowest BCUT2D eigenvalue weighted by Gasteiger charge is -2.28. The summed E-state index contributed by atoms with van der Waals surface area (Å²) in [6.45, 7) is 0.890. The molecule has 1 saturated heterocycles. The van der Waals surface area contributed by atoms with E-state index >= 15 is 0 Å². The summed E-state index contributed by atoms with van der Waals surface area (Å²) < 4.78 is 9.87. The van der Waals surface area contributed by atoms with E-state index in [0.29, 0.717) is 13.0 Å². The van der Waals surface area contributed by atoms with Crippen LogP contribution in [-0.2, 0) is 20.9 Å². The molecule has 6 heteroatoms. The van der Waals surface area contributed by atoms with Crippen molar-refractivity contribution in [2.75, 3.05) is 13.7 Å². The number of amides is 1. The van der Waals surface area contributed by atoms with Crippen LogP contribution < -0.4 is 10.6 Å². The standard InChI is InChI=1S/C15H20N2O4/c1-20-14(18)13-9-12(7-8-16-13)17-15(19)21-10-11-5-3-2-4-6-11/h2-6,12-13,16H,7-10H2,1H3,(H,17,19). The highest BCUT2D eigenvalue weighted by Crippen LogP contribution is 2.10. The zero-order valence-electron chi connectivity index (χ0n) is 12.0. The third-order valence-electron chi connectivity index (χ3n) is 3.42. The molecule has 1 aromatic carbocycles. The Labute approximate surface area is 123 Å². The molecular formula is C15H20N2O4. The van der Waals surface area contributed by atoms with Gasteiger partial charge in [-0.05, 0) is 24.9 Å². The highest BCUT2D eigenvalue weighted by atomic mass is 16.5. The van der Waals surface area contributed by atoms with Crippen molar-refractivity contribution in [3.05, 3.63) is 35.9 Å². The van der Waals surface area contributed by atoms with Crippen molar-refractivity contribution in [3.8, 4) is 0 Å². The highest BCUT2D eigenvalue weighted by Gasteiger charge is 2.28. The second kappa shape index (κ2) is 7.64. The number of rotatable bonds is 4. The summed E-state index contributed by atoms with van der Waals surface area (Å²) >= 11 is 0. The molecule has 1 aliphatic heterocycles. The van der Waals surface area contributed by atoms with Gasteiger partial charge in [-0.15, -0.1) is 0 Å². The number of hydrogen-bond donors (Lipinski definition) is 2. The van der Waals surface area contributed by atoms with Crippen molar-refractivity contribution in [3.63, 3.8) is 0 Å². The van der Waals surface area contributed by atoms with Crippen LogP contribution in [0.2, 0.25) is 0 Å². The average molecular weight is 292 g/mol. The molecule has 1 heterocycles. The van der Waals surface area contributed by atoms with E-state index in [2.05, 4.69) is 10.6 Å². The Bertz CT molecular complexity index is 478. The first kappa shape index (κ1) is 15.3. The maximum absolute atomic E-state index is 11.8. The lowest BCUT2D eigenvalue weighted by atomic mass is 10.00. The van der Waals surface area contributed by atoms with E-state index in [-0.39, 0.29) is 24.7 Å². The van der Waals surface area contributed by atoms with Gasteiger partial charge in [-0.3, -0.25) is 4.79 Å². The Morgan fingerprint density at radius 1 is 1.33 bits per heavy atom. The number of carbonyl (C=O) groups excluding carboxylic acids is 2. The van der Waals surface area contributed by atoms with Crippen LogP contribution in [0, 0.1) is 0 Å². The lowest BCUT2D eigenvalue weighted by Crippen LogP contribution is -2.51. The summed E-state index contributed by atoms with van der Waals surface area (Å²) in [5, 5.41) is 5.85. The Hall–Kier alpha value is -2.08. The van der Waals surface area contributed by atoms with Gasteiger partial charge < -0.3 is 20.1 Å². The van der Waals surface area contributed by atoms with Crippen molar-refractivity contribution in [2.45, 2.75) is 31.5 Å². The number of hydrogen-bond acceptors (Lipinski definition) is 5. The number of nitrogens with one attached hydrogen (secondary N) is 2. The summed E-state index contributed by atoms with van der Waals surface area (Å²) in [7, 11) is 1.36. The molecule has 1 amide bonds. The zero-order chi connectivity index (χ0) is 15.1. The van der Waals surface area contributed by atoms with E-state index in [1.165, 1.54) is 7.11 Å². The fraction of sp³-hybridized carbons (Fsp3) is 0.467. The van der Waals surface area contributed by atoms with Gasteiger partial charge in [0.2, 0.25) is 0 Å². The molecule has 0 spiro atoms. The van der Waals surface area contributed by atoms with Crippen molar-refractivity contribution in [1.29, 1.82) is 0 Å². The summed E-state index contributed by atoms with van der Waals surface area (Å²) in [4.78, 5) is 23.2. The third kappa shape index (κ3) is 4.75. The molecule has 2 unspecified atom stereocenters. The maximum atomic E-state index is 11.8. The van der Waals surface area contributed by atoms with Gasteiger partial charge in [-0.2, -0.15) is 0 Å². The van der Waals surface area contributed by atoms with E-state index in [1.807, 2.05) is 30.3 Å². The van der Waals surface area contributed by atoms with Gasteiger partial charge in [-0.25, -0.2) is 4.79 Å². The number of piperidine rings is 1.